The van der Waals surface area contributed by atoms with Crippen molar-refractivity contribution in [3.8, 4) is 5.75 Å². The number of hydrogen-bond acceptors (Lipinski definition) is 4. The van der Waals surface area contributed by atoms with E-state index in [4.69, 9.17) is 10.5 Å². The van der Waals surface area contributed by atoms with Crippen LogP contribution in [0, 0.1) is 0 Å². The fourth-order valence-corrected chi connectivity index (χ4v) is 1.63. The Hall–Kier alpha value is -1.88. The van der Waals surface area contributed by atoms with E-state index in [0.29, 0.717) is 5.75 Å². The first-order chi connectivity index (χ1) is 7.74. The van der Waals surface area contributed by atoms with Crippen LogP contribution in [0.5, 0.6) is 5.75 Å². The van der Waals surface area contributed by atoms with Crippen LogP contribution in [0.1, 0.15) is 17.4 Å². The molecule has 0 saturated carbocycles. The third kappa shape index (κ3) is 1.77. The van der Waals surface area contributed by atoms with E-state index in [1.165, 1.54) is 0 Å². The molecule has 84 valence electrons. The maximum atomic E-state index is 6.15. The summed E-state index contributed by atoms with van der Waals surface area (Å²) in [5, 5.41) is 0. The predicted molar refractivity (Wildman–Crippen MR) is 60.0 cm³/mol. The van der Waals surface area contributed by atoms with E-state index < -0.39 is 0 Å². The SMILES string of the molecule is COc1cnccc1C(N)c1nccn1C. The van der Waals surface area contributed by atoms with Crippen molar-refractivity contribution in [2.75, 3.05) is 7.11 Å². The average molecular weight is 218 g/mol. The average Bonchev–Trinajstić information content (AvgIpc) is 2.74. The maximum Gasteiger partial charge on any atom is 0.142 e. The fraction of sp³-hybridized carbons (Fsp3) is 0.273. The quantitative estimate of drug-likeness (QED) is 0.830. The molecule has 2 N–H and O–H groups in total. The molecule has 0 saturated heterocycles. The smallest absolute Gasteiger partial charge is 0.142 e. The summed E-state index contributed by atoms with van der Waals surface area (Å²) in [6.07, 6.45) is 6.94. The number of ether oxygens (including phenoxy) is 1. The van der Waals surface area contributed by atoms with Gasteiger partial charge in [0, 0.05) is 31.2 Å². The number of nitrogens with zero attached hydrogens (tertiary/aromatic N) is 3. The van der Waals surface area contributed by atoms with Gasteiger partial charge in [-0.25, -0.2) is 4.98 Å². The van der Waals surface area contributed by atoms with E-state index in [1.54, 1.807) is 25.7 Å². The molecule has 2 heterocycles. The van der Waals surface area contributed by atoms with Gasteiger partial charge in [0.1, 0.15) is 11.6 Å². The molecule has 0 bridgehead atoms. The fourth-order valence-electron chi connectivity index (χ4n) is 1.63. The van der Waals surface area contributed by atoms with Gasteiger partial charge in [-0.15, -0.1) is 0 Å². The topological polar surface area (TPSA) is 66.0 Å². The Morgan fingerprint density at radius 3 is 2.88 bits per heavy atom. The Morgan fingerprint density at radius 1 is 1.44 bits per heavy atom. The van der Waals surface area contributed by atoms with Gasteiger partial charge < -0.3 is 15.0 Å². The zero-order chi connectivity index (χ0) is 11.5. The van der Waals surface area contributed by atoms with Crippen molar-refractivity contribution >= 4 is 0 Å². The highest BCUT2D eigenvalue weighted by Crippen LogP contribution is 2.25. The standard InChI is InChI=1S/C11H14N4O/c1-15-6-5-14-11(15)10(12)8-3-4-13-7-9(8)16-2/h3-7,10H,12H2,1-2H3. The summed E-state index contributed by atoms with van der Waals surface area (Å²) < 4.78 is 7.12. The number of aromatic nitrogens is 3. The molecule has 2 aromatic heterocycles. The molecule has 0 amide bonds. The largest absolute Gasteiger partial charge is 0.495 e. The zero-order valence-corrected chi connectivity index (χ0v) is 9.29. The van der Waals surface area contributed by atoms with Gasteiger partial charge in [-0.3, -0.25) is 4.98 Å². The molecule has 5 nitrogen and oxygen atoms in total. The highest BCUT2D eigenvalue weighted by molar-refractivity contribution is 5.36. The van der Waals surface area contributed by atoms with Crippen molar-refractivity contribution in [2.45, 2.75) is 6.04 Å². The van der Waals surface area contributed by atoms with Crippen LogP contribution >= 0.6 is 0 Å². The molecule has 0 aliphatic rings. The first kappa shape index (κ1) is 10.6. The second kappa shape index (κ2) is 4.32. The summed E-state index contributed by atoms with van der Waals surface area (Å²) in [5.41, 5.74) is 7.03. The van der Waals surface area contributed by atoms with Crippen molar-refractivity contribution in [1.82, 2.24) is 14.5 Å². The molecule has 5 heteroatoms. The lowest BCUT2D eigenvalue weighted by Crippen LogP contribution is -2.17. The number of methoxy groups -OCH3 is 1. The molecular formula is C11H14N4O. The molecule has 16 heavy (non-hydrogen) atoms. The normalized spacial score (nSPS) is 12.4. The number of hydrogen-bond donors (Lipinski definition) is 1. The first-order valence-electron chi connectivity index (χ1n) is 4.94. The van der Waals surface area contributed by atoms with Gasteiger partial charge in [0.05, 0.1) is 19.3 Å². The van der Waals surface area contributed by atoms with Crippen LogP contribution in [-0.2, 0) is 7.05 Å². The number of rotatable bonds is 3. The summed E-state index contributed by atoms with van der Waals surface area (Å²) >= 11 is 0. The lowest BCUT2D eigenvalue weighted by Gasteiger charge is -2.14. The molecule has 0 spiro atoms. The summed E-state index contributed by atoms with van der Waals surface area (Å²) in [4.78, 5) is 8.22. The van der Waals surface area contributed by atoms with Gasteiger partial charge in [-0.05, 0) is 6.07 Å². The molecule has 0 aliphatic carbocycles. The molecule has 0 radical (unpaired) electrons. The molecule has 2 aromatic rings. The Morgan fingerprint density at radius 2 is 2.25 bits per heavy atom. The summed E-state index contributed by atoms with van der Waals surface area (Å²) in [7, 11) is 3.52. The van der Waals surface area contributed by atoms with Crippen LogP contribution in [0.3, 0.4) is 0 Å². The number of imidazole rings is 1. The van der Waals surface area contributed by atoms with Crippen LogP contribution < -0.4 is 10.5 Å². The van der Waals surface area contributed by atoms with Crippen molar-refractivity contribution in [3.63, 3.8) is 0 Å². The highest BCUT2D eigenvalue weighted by atomic mass is 16.5. The van der Waals surface area contributed by atoms with E-state index in [1.807, 2.05) is 23.9 Å². The molecule has 0 fully saturated rings. The van der Waals surface area contributed by atoms with Crippen LogP contribution in [0.25, 0.3) is 0 Å². The number of nitrogens with two attached hydrogens (primary N) is 1. The minimum absolute atomic E-state index is 0.307. The van der Waals surface area contributed by atoms with E-state index >= 15 is 0 Å². The minimum Gasteiger partial charge on any atom is -0.495 e. The predicted octanol–water partition coefficient (Wildman–Crippen LogP) is 0.872. The lowest BCUT2D eigenvalue weighted by molar-refractivity contribution is 0.405. The van der Waals surface area contributed by atoms with Crippen LogP contribution in [0.15, 0.2) is 30.9 Å². The third-order valence-electron chi connectivity index (χ3n) is 2.51. The second-order valence-corrected chi connectivity index (χ2v) is 3.49. The van der Waals surface area contributed by atoms with Gasteiger partial charge in [-0.1, -0.05) is 0 Å². The molecule has 1 atom stereocenters. The van der Waals surface area contributed by atoms with Crippen LogP contribution in [0.4, 0.5) is 0 Å². The molecular weight excluding hydrogens is 204 g/mol. The van der Waals surface area contributed by atoms with Crippen molar-refractivity contribution in [2.24, 2.45) is 12.8 Å². The van der Waals surface area contributed by atoms with Gasteiger partial charge in [-0.2, -0.15) is 0 Å². The Labute approximate surface area is 93.9 Å². The van der Waals surface area contributed by atoms with Gasteiger partial charge >= 0.3 is 0 Å². The van der Waals surface area contributed by atoms with Gasteiger partial charge in [0.15, 0.2) is 0 Å². The van der Waals surface area contributed by atoms with E-state index in [2.05, 4.69) is 9.97 Å². The lowest BCUT2D eigenvalue weighted by atomic mass is 10.1. The Balaban J connectivity index is 2.41. The Bertz CT molecular complexity index is 480. The van der Waals surface area contributed by atoms with Crippen molar-refractivity contribution < 1.29 is 4.74 Å². The first-order valence-corrected chi connectivity index (χ1v) is 4.94. The number of pyridine rings is 1. The summed E-state index contributed by atoms with van der Waals surface area (Å²) in [6, 6.07) is 1.54. The Kier molecular flexibility index (Phi) is 2.87. The minimum atomic E-state index is -0.307. The van der Waals surface area contributed by atoms with Gasteiger partial charge in [0.2, 0.25) is 0 Å². The maximum absolute atomic E-state index is 6.15. The monoisotopic (exact) mass is 218 g/mol. The van der Waals surface area contributed by atoms with Crippen molar-refractivity contribution in [1.29, 1.82) is 0 Å². The molecule has 0 aromatic carbocycles. The molecule has 1 unspecified atom stereocenters. The zero-order valence-electron chi connectivity index (χ0n) is 9.29. The summed E-state index contributed by atoms with van der Waals surface area (Å²) in [6.45, 7) is 0. The van der Waals surface area contributed by atoms with E-state index in [-0.39, 0.29) is 6.04 Å². The summed E-state index contributed by atoms with van der Waals surface area (Å²) in [5.74, 6) is 1.47. The van der Waals surface area contributed by atoms with Crippen molar-refractivity contribution in [3.05, 3.63) is 42.2 Å². The van der Waals surface area contributed by atoms with Crippen LogP contribution in [0.2, 0.25) is 0 Å². The highest BCUT2D eigenvalue weighted by Gasteiger charge is 2.17. The van der Waals surface area contributed by atoms with E-state index in [0.717, 1.165) is 11.4 Å². The van der Waals surface area contributed by atoms with Gasteiger partial charge in [0.25, 0.3) is 0 Å². The molecule has 2 rings (SSSR count). The van der Waals surface area contributed by atoms with Crippen LogP contribution in [-0.4, -0.2) is 21.6 Å². The molecule has 0 aliphatic heterocycles. The second-order valence-electron chi connectivity index (χ2n) is 3.49. The third-order valence-corrected chi connectivity index (χ3v) is 2.51. The van der Waals surface area contributed by atoms with E-state index in [9.17, 15) is 0 Å². The number of aryl methyl sites for hydroxylation is 1.